The van der Waals surface area contributed by atoms with E-state index in [2.05, 4.69) is 15.5 Å². The van der Waals surface area contributed by atoms with E-state index in [0.29, 0.717) is 65.7 Å². The molecule has 2 aromatic rings. The first-order valence-electron chi connectivity index (χ1n) is 19.8. The van der Waals surface area contributed by atoms with Gasteiger partial charge in [0.05, 0.1) is 31.4 Å². The first kappa shape index (κ1) is 44.1. The van der Waals surface area contributed by atoms with Gasteiger partial charge < -0.3 is 34.4 Å². The van der Waals surface area contributed by atoms with Crippen LogP contribution in [0.5, 0.6) is 5.75 Å². The van der Waals surface area contributed by atoms with Crippen LogP contribution in [0.2, 0.25) is 0 Å². The summed E-state index contributed by atoms with van der Waals surface area (Å²) in [4.78, 5) is 74.2. The van der Waals surface area contributed by atoms with Crippen molar-refractivity contribution in [1.29, 1.82) is 0 Å². The van der Waals surface area contributed by atoms with Gasteiger partial charge in [0.2, 0.25) is 5.91 Å². The fourth-order valence-corrected chi connectivity index (χ4v) is 8.65. The molecule has 4 amide bonds. The molecule has 2 N–H and O–H groups in total. The normalized spacial score (nSPS) is 21.1. The summed E-state index contributed by atoms with van der Waals surface area (Å²) in [5.74, 6) is -0.928. The van der Waals surface area contributed by atoms with E-state index in [9.17, 15) is 24.0 Å². The van der Waals surface area contributed by atoms with Gasteiger partial charge in [-0.3, -0.25) is 24.1 Å². The summed E-state index contributed by atoms with van der Waals surface area (Å²) in [7, 11) is 1.59. The molecule has 15 heteroatoms. The van der Waals surface area contributed by atoms with Crippen molar-refractivity contribution in [3.05, 3.63) is 59.7 Å². The van der Waals surface area contributed by atoms with Crippen LogP contribution in [0.3, 0.4) is 0 Å². The molecule has 2 heterocycles. The largest absolute Gasteiger partial charge is 0.467 e. The number of rotatable bonds is 19. The maximum atomic E-state index is 14.3. The zero-order valence-corrected chi connectivity index (χ0v) is 34.6. The molecule has 2 saturated heterocycles. The summed E-state index contributed by atoms with van der Waals surface area (Å²) in [6.45, 7) is 8.68. The minimum Gasteiger partial charge on any atom is -0.467 e. The average molecular weight is 811 g/mol. The molecule has 0 radical (unpaired) electrons. The molecule has 0 unspecified atom stereocenters. The Morgan fingerprint density at radius 2 is 1.67 bits per heavy atom. The predicted octanol–water partition coefficient (Wildman–Crippen LogP) is 4.67. The summed E-state index contributed by atoms with van der Waals surface area (Å²) in [6, 6.07) is 13.8. The quantitative estimate of drug-likeness (QED) is 0.0875. The molecule has 14 nitrogen and oxygen atoms in total. The van der Waals surface area contributed by atoms with E-state index in [-0.39, 0.29) is 38.0 Å². The van der Waals surface area contributed by atoms with Gasteiger partial charge in [-0.25, -0.2) is 4.79 Å². The van der Waals surface area contributed by atoms with Crippen LogP contribution in [0, 0.1) is 18.8 Å². The number of methoxy groups -OCH3 is 1. The zero-order valence-electron chi connectivity index (χ0n) is 33.8. The van der Waals surface area contributed by atoms with E-state index in [1.165, 1.54) is 11.8 Å². The third kappa shape index (κ3) is 13.0. The number of amides is 4. The number of hydrogen-bond donors (Lipinski definition) is 2. The molecule has 57 heavy (non-hydrogen) atoms. The fraction of sp³-hybridized carbons (Fsp3) is 0.595. The molecule has 312 valence electrons. The third-order valence-corrected chi connectivity index (χ3v) is 11.7. The van der Waals surface area contributed by atoms with Gasteiger partial charge in [-0.05, 0) is 76.6 Å². The molecule has 1 aliphatic carbocycles. The number of hydrogen-bond acceptors (Lipinski definition) is 12. The number of imide groups is 1. The van der Waals surface area contributed by atoms with E-state index in [1.54, 1.807) is 32.2 Å². The van der Waals surface area contributed by atoms with E-state index in [1.807, 2.05) is 51.1 Å². The number of hydroxylamine groups is 2. The lowest BCUT2D eigenvalue weighted by atomic mass is 9.72. The number of nitrogens with one attached hydrogen (secondary N) is 2. The molecular formula is C42H58N4O10S. The van der Waals surface area contributed by atoms with Crippen molar-refractivity contribution in [2.45, 2.75) is 101 Å². The van der Waals surface area contributed by atoms with E-state index < -0.39 is 48.1 Å². The van der Waals surface area contributed by atoms with Crippen molar-refractivity contribution in [1.82, 2.24) is 20.6 Å². The average Bonchev–Trinajstić information content (AvgIpc) is 3.50. The second-order valence-corrected chi connectivity index (χ2v) is 17.0. The maximum Gasteiger partial charge on any atom is 0.358 e. The second kappa shape index (κ2) is 21.1. The topological polar surface area (TPSA) is 162 Å². The highest BCUT2D eigenvalue weighted by Crippen LogP contribution is 2.39. The summed E-state index contributed by atoms with van der Waals surface area (Å²) in [5.41, 5.74) is 0.540. The maximum absolute atomic E-state index is 14.3. The summed E-state index contributed by atoms with van der Waals surface area (Å²) >= 11 is 1.52. The van der Waals surface area contributed by atoms with Crippen LogP contribution < -0.4 is 15.4 Å². The SMILES string of the molecule is COCCOCOc1cccc(C(=O)N[C@@H](CSc2ccccc2)[C@@H](CN2C[C@H]3CCCC[C@H]3C[C@H]2C(=O)NC(C)(C)C)OCC(=O)ON2C(=O)CCC2=O)c1C. The molecule has 5 rings (SSSR count). The monoisotopic (exact) mass is 810 g/mol. The summed E-state index contributed by atoms with van der Waals surface area (Å²) < 4.78 is 22.8. The number of benzene rings is 2. The van der Waals surface area contributed by atoms with Gasteiger partial charge in [0.25, 0.3) is 17.7 Å². The zero-order chi connectivity index (χ0) is 41.0. The van der Waals surface area contributed by atoms with E-state index in [0.717, 1.165) is 30.6 Å². The number of carbonyl (C=O) groups excluding carboxylic acids is 5. The highest BCUT2D eigenvalue weighted by Gasteiger charge is 2.43. The van der Waals surface area contributed by atoms with Crippen molar-refractivity contribution in [3.8, 4) is 5.75 Å². The molecule has 5 atom stereocenters. The Labute approximate surface area is 339 Å². The van der Waals surface area contributed by atoms with Crippen LogP contribution in [0.1, 0.15) is 81.6 Å². The smallest absolute Gasteiger partial charge is 0.358 e. The van der Waals surface area contributed by atoms with Crippen LogP contribution in [-0.2, 0) is 38.2 Å². The first-order valence-corrected chi connectivity index (χ1v) is 20.8. The van der Waals surface area contributed by atoms with E-state index in [4.69, 9.17) is 23.8 Å². The third-order valence-electron chi connectivity index (χ3n) is 10.5. The van der Waals surface area contributed by atoms with Crippen molar-refractivity contribution in [3.63, 3.8) is 0 Å². The Morgan fingerprint density at radius 3 is 2.37 bits per heavy atom. The molecule has 3 aliphatic rings. The molecule has 0 aromatic heterocycles. The van der Waals surface area contributed by atoms with Crippen molar-refractivity contribution in [2.24, 2.45) is 11.8 Å². The van der Waals surface area contributed by atoms with Crippen LogP contribution >= 0.6 is 11.8 Å². The Bertz CT molecular complexity index is 1670. The molecule has 1 saturated carbocycles. The van der Waals surface area contributed by atoms with Crippen molar-refractivity contribution < 1.29 is 47.8 Å². The number of piperidine rings is 1. The fourth-order valence-electron chi connectivity index (χ4n) is 7.63. The van der Waals surface area contributed by atoms with Gasteiger partial charge in [0.15, 0.2) is 6.79 Å². The molecule has 2 aromatic carbocycles. The molecular weight excluding hydrogens is 753 g/mol. The minimum absolute atomic E-state index is 0.0199. The first-order chi connectivity index (χ1) is 27.3. The van der Waals surface area contributed by atoms with Gasteiger partial charge in [0.1, 0.15) is 12.4 Å². The number of carbonyl (C=O) groups is 5. The standard InChI is InChI=1S/C42H58N4O10S/c1-28-32(16-11-17-35(28)55-27-53-21-20-52-5)40(50)43-33(26-57-31-14-7-6-8-15-31)36(54-25-39(49)56-46-37(47)18-19-38(46)48)24-45-23-30-13-10-9-12-29(30)22-34(45)41(51)44-42(2,3)4/h6-8,11,14-17,29-30,33-34,36H,9-10,12-13,18-27H2,1-5H3,(H,43,50)(H,44,51)/t29-,30+,33-,34-,36+/m0/s1. The van der Waals surface area contributed by atoms with Crippen LogP contribution in [0.25, 0.3) is 0 Å². The van der Waals surface area contributed by atoms with Crippen molar-refractivity contribution in [2.75, 3.05) is 52.6 Å². The number of fused-ring (bicyclic) bond motifs is 1. The van der Waals surface area contributed by atoms with Gasteiger partial charge in [-0.2, -0.15) is 0 Å². The van der Waals surface area contributed by atoms with Gasteiger partial charge >= 0.3 is 5.97 Å². The highest BCUT2D eigenvalue weighted by atomic mass is 32.2. The van der Waals surface area contributed by atoms with Gasteiger partial charge in [0, 0.05) is 60.4 Å². The van der Waals surface area contributed by atoms with Crippen LogP contribution in [0.4, 0.5) is 0 Å². The lowest BCUT2D eigenvalue weighted by Crippen LogP contribution is -2.61. The number of likely N-dealkylation sites (tertiary alicyclic amines) is 1. The Hall–Kier alpha value is -4.02. The summed E-state index contributed by atoms with van der Waals surface area (Å²) in [5, 5.41) is 6.89. The van der Waals surface area contributed by atoms with Crippen LogP contribution in [0.15, 0.2) is 53.4 Å². The summed E-state index contributed by atoms with van der Waals surface area (Å²) in [6.07, 6.45) is 4.18. The Kier molecular flexibility index (Phi) is 16.3. The Morgan fingerprint density at radius 1 is 0.947 bits per heavy atom. The van der Waals surface area contributed by atoms with E-state index >= 15 is 0 Å². The molecule has 3 fully saturated rings. The van der Waals surface area contributed by atoms with Crippen molar-refractivity contribution >= 4 is 41.4 Å². The number of nitrogens with zero attached hydrogens (tertiary/aromatic N) is 2. The molecule has 0 spiro atoms. The van der Waals surface area contributed by atoms with Gasteiger partial charge in [-0.1, -0.05) is 43.5 Å². The predicted molar refractivity (Wildman–Crippen MR) is 213 cm³/mol. The number of ether oxygens (including phenoxy) is 4. The number of thioether (sulfide) groups is 1. The molecule has 2 aliphatic heterocycles. The molecule has 0 bridgehead atoms. The lowest BCUT2D eigenvalue weighted by molar-refractivity contribution is -0.201. The Balaban J connectivity index is 1.44. The lowest BCUT2D eigenvalue weighted by Gasteiger charge is -2.47. The highest BCUT2D eigenvalue weighted by molar-refractivity contribution is 7.99. The minimum atomic E-state index is -0.925. The van der Waals surface area contributed by atoms with Gasteiger partial charge in [-0.15, -0.1) is 16.8 Å². The van der Waals surface area contributed by atoms with Crippen LogP contribution in [-0.4, -0.2) is 116 Å². The second-order valence-electron chi connectivity index (χ2n) is 15.9.